The van der Waals surface area contributed by atoms with Gasteiger partial charge >= 0.3 is 6.18 Å². The number of nitrogens with zero attached hydrogens (tertiary/aromatic N) is 6. The van der Waals surface area contributed by atoms with E-state index < -0.39 is 43.6 Å². The van der Waals surface area contributed by atoms with E-state index in [1.807, 2.05) is 4.90 Å². The molecule has 3 aromatic heterocycles. The van der Waals surface area contributed by atoms with Crippen LogP contribution < -0.4 is 5.56 Å². The van der Waals surface area contributed by atoms with Crippen LogP contribution >= 0.6 is 0 Å². The number of likely N-dealkylation sites (tertiary alicyclic amines) is 1. The van der Waals surface area contributed by atoms with E-state index in [2.05, 4.69) is 17.1 Å². The quantitative estimate of drug-likeness (QED) is 0.238. The number of halogens is 3. The third-order valence-electron chi connectivity index (χ3n) is 9.50. The van der Waals surface area contributed by atoms with Crippen LogP contribution in [0.2, 0.25) is 0 Å². The second-order valence-corrected chi connectivity index (χ2v) is 14.9. The van der Waals surface area contributed by atoms with Crippen molar-refractivity contribution in [2.45, 2.75) is 49.7 Å². The molecule has 48 heavy (non-hydrogen) atoms. The predicted octanol–water partition coefficient (Wildman–Crippen LogP) is 5.03. The molecule has 0 bridgehead atoms. The zero-order valence-electron chi connectivity index (χ0n) is 26.7. The molecule has 252 valence electrons. The topological polar surface area (TPSA) is 104 Å². The first-order valence-electron chi connectivity index (χ1n) is 15.7. The van der Waals surface area contributed by atoms with Crippen LogP contribution in [0.5, 0.6) is 0 Å². The number of aryl methyl sites for hydroxylation is 2. The summed E-state index contributed by atoms with van der Waals surface area (Å²) >= 11 is 0. The average molecular weight is 681 g/mol. The molecule has 1 atom stereocenters. The van der Waals surface area contributed by atoms with Crippen LogP contribution in [0, 0.1) is 12.8 Å². The van der Waals surface area contributed by atoms with E-state index >= 15 is 0 Å². The highest BCUT2D eigenvalue weighted by molar-refractivity contribution is 7.90. The van der Waals surface area contributed by atoms with Gasteiger partial charge in [-0.15, -0.1) is 10.2 Å². The molecule has 2 fully saturated rings. The minimum atomic E-state index is -4.90. The Morgan fingerprint density at radius 1 is 1.08 bits per heavy atom. The minimum Gasteiger partial charge on any atom is -0.378 e. The molecule has 7 rings (SSSR count). The molecule has 0 spiro atoms. The molecule has 0 radical (unpaired) electrons. The summed E-state index contributed by atoms with van der Waals surface area (Å²) in [5, 5.41) is 7.79. The first-order chi connectivity index (χ1) is 22.8. The van der Waals surface area contributed by atoms with Gasteiger partial charge in [0.15, 0.2) is 0 Å². The summed E-state index contributed by atoms with van der Waals surface area (Å²) in [4.78, 5) is 16.4. The second kappa shape index (κ2) is 11.7. The predicted molar refractivity (Wildman–Crippen MR) is 173 cm³/mol. The van der Waals surface area contributed by atoms with Crippen molar-refractivity contribution in [1.82, 2.24) is 28.2 Å². The molecular weight excluding hydrogens is 645 g/mol. The Balaban J connectivity index is 1.48. The van der Waals surface area contributed by atoms with Gasteiger partial charge in [-0.3, -0.25) is 14.3 Å². The van der Waals surface area contributed by atoms with Gasteiger partial charge in [0.2, 0.25) is 0 Å². The summed E-state index contributed by atoms with van der Waals surface area (Å²) in [6, 6.07) is 13.9. The highest BCUT2D eigenvalue weighted by Crippen LogP contribution is 2.40. The van der Waals surface area contributed by atoms with Crippen molar-refractivity contribution in [3.05, 3.63) is 106 Å². The van der Waals surface area contributed by atoms with Gasteiger partial charge in [0, 0.05) is 43.1 Å². The smallest absolute Gasteiger partial charge is 0.378 e. The maximum Gasteiger partial charge on any atom is 0.418 e. The summed E-state index contributed by atoms with van der Waals surface area (Å²) < 4.78 is 82.5. The lowest BCUT2D eigenvalue weighted by atomic mass is 9.77. The normalized spacial score (nSPS) is 18.7. The lowest BCUT2D eigenvalue weighted by Crippen LogP contribution is -2.49. The summed E-state index contributed by atoms with van der Waals surface area (Å²) in [5.74, 6) is 0.950. The largest absolute Gasteiger partial charge is 0.418 e. The Bertz CT molecular complexity index is 2180. The van der Waals surface area contributed by atoms with Gasteiger partial charge in [0.05, 0.1) is 23.7 Å². The Hall–Kier alpha value is -4.27. The van der Waals surface area contributed by atoms with Gasteiger partial charge in [0.25, 0.3) is 15.6 Å². The van der Waals surface area contributed by atoms with Crippen molar-refractivity contribution in [2.75, 3.05) is 26.3 Å². The van der Waals surface area contributed by atoms with E-state index in [1.165, 1.54) is 24.3 Å². The van der Waals surface area contributed by atoms with Crippen molar-refractivity contribution >= 4 is 20.9 Å². The van der Waals surface area contributed by atoms with Gasteiger partial charge in [-0.1, -0.05) is 36.8 Å². The number of pyridine rings is 1. The number of alkyl halides is 3. The van der Waals surface area contributed by atoms with Crippen LogP contribution in [-0.2, 0) is 39.9 Å². The molecule has 10 nitrogen and oxygen atoms in total. The van der Waals surface area contributed by atoms with E-state index in [9.17, 15) is 26.4 Å². The van der Waals surface area contributed by atoms with Crippen LogP contribution in [0.15, 0.2) is 76.8 Å². The fourth-order valence-electron chi connectivity index (χ4n) is 7.00. The number of benzene rings is 2. The van der Waals surface area contributed by atoms with E-state index in [4.69, 9.17) is 4.74 Å². The number of ether oxygens (including phenoxy) is 1. The zero-order valence-corrected chi connectivity index (χ0v) is 27.6. The average Bonchev–Trinajstić information content (AvgIpc) is 3.61. The first kappa shape index (κ1) is 32.3. The highest BCUT2D eigenvalue weighted by Gasteiger charge is 2.46. The Labute approximate surface area is 275 Å². The Morgan fingerprint density at radius 2 is 1.83 bits per heavy atom. The number of aromatic nitrogens is 5. The lowest BCUT2D eigenvalue weighted by molar-refractivity contribution is -0.136. The summed E-state index contributed by atoms with van der Waals surface area (Å²) in [6.45, 7) is 5.81. The molecule has 2 aromatic carbocycles. The molecule has 2 saturated heterocycles. The molecule has 0 unspecified atom stereocenters. The lowest BCUT2D eigenvalue weighted by Gasteiger charge is -2.40. The van der Waals surface area contributed by atoms with Gasteiger partial charge in [-0.25, -0.2) is 12.4 Å². The van der Waals surface area contributed by atoms with Crippen molar-refractivity contribution < 1.29 is 26.3 Å². The van der Waals surface area contributed by atoms with Crippen LogP contribution in [0.1, 0.15) is 48.0 Å². The number of hydrogen-bond donors (Lipinski definition) is 0. The number of fused-ring (bicyclic) bond motifs is 1. The van der Waals surface area contributed by atoms with Crippen molar-refractivity contribution in [1.29, 1.82) is 0 Å². The van der Waals surface area contributed by atoms with Crippen LogP contribution in [-0.4, -0.2) is 62.9 Å². The minimum absolute atomic E-state index is 0.0660. The van der Waals surface area contributed by atoms with Crippen molar-refractivity contribution in [3.8, 4) is 5.69 Å². The molecule has 14 heteroatoms. The molecule has 5 aromatic rings. The highest BCUT2D eigenvalue weighted by atomic mass is 32.2. The first-order valence-corrected chi connectivity index (χ1v) is 17.2. The third kappa shape index (κ3) is 5.35. The summed E-state index contributed by atoms with van der Waals surface area (Å²) in [7, 11) is -2.71. The number of rotatable bonds is 7. The molecular formula is C34H35F3N6O4S. The van der Waals surface area contributed by atoms with E-state index in [-0.39, 0.29) is 36.0 Å². The second-order valence-electron chi connectivity index (χ2n) is 13.1. The van der Waals surface area contributed by atoms with E-state index in [0.717, 1.165) is 33.1 Å². The number of hydrogen-bond acceptors (Lipinski definition) is 7. The standard InChI is InChI=1S/C34H35F3N6O4S/c1-22-9-11-27(12-10-22)48(45,46)43-26(17-41-13-5-6-23(2)16-41)15-28-29(34(35,36)37)18-42(31(44)30(28)43)25-8-4-7-24(14-25)33(19-47-20-33)32-39-38-21-40(32)3/h4,7-12,14-15,18,21,23H,5-6,13,16-17,19-20H2,1-3H3/t23-/m0/s1. The van der Waals surface area contributed by atoms with E-state index in [1.54, 1.807) is 55.2 Å². The molecule has 0 amide bonds. The van der Waals surface area contributed by atoms with Gasteiger partial charge in [0.1, 0.15) is 23.1 Å². The van der Waals surface area contributed by atoms with Gasteiger partial charge in [-0.05, 0) is 68.1 Å². The van der Waals surface area contributed by atoms with Crippen LogP contribution in [0.3, 0.4) is 0 Å². The summed E-state index contributed by atoms with van der Waals surface area (Å²) in [5.41, 5.74) is -1.55. The zero-order chi connectivity index (χ0) is 34.0. The van der Waals surface area contributed by atoms with Crippen molar-refractivity contribution in [2.24, 2.45) is 13.0 Å². The Kier molecular flexibility index (Phi) is 7.87. The van der Waals surface area contributed by atoms with E-state index in [0.29, 0.717) is 30.4 Å². The van der Waals surface area contributed by atoms with Crippen LogP contribution in [0.25, 0.3) is 16.6 Å². The Morgan fingerprint density at radius 3 is 2.46 bits per heavy atom. The monoisotopic (exact) mass is 680 g/mol. The fourth-order valence-corrected chi connectivity index (χ4v) is 8.53. The molecule has 0 N–H and O–H groups in total. The number of piperidine rings is 1. The molecule has 5 heterocycles. The fraction of sp³-hybridized carbons (Fsp3) is 0.382. The molecule has 2 aliphatic heterocycles. The SMILES string of the molecule is Cc1ccc(S(=O)(=O)n2c(CN3CCC[C@H](C)C3)cc3c(C(F)(F)F)cn(-c4cccc(C5(c6nncn6C)COC5)c4)c(=O)c32)cc1. The maximum atomic E-state index is 14.9. The van der Waals surface area contributed by atoms with Gasteiger partial charge in [-0.2, -0.15) is 13.2 Å². The summed E-state index contributed by atoms with van der Waals surface area (Å²) in [6.07, 6.45) is -0.690. The van der Waals surface area contributed by atoms with Crippen molar-refractivity contribution in [3.63, 3.8) is 0 Å². The maximum absolute atomic E-state index is 14.9. The third-order valence-corrected chi connectivity index (χ3v) is 11.3. The molecule has 0 aliphatic carbocycles. The molecule has 2 aliphatic rings. The molecule has 0 saturated carbocycles. The van der Waals surface area contributed by atoms with Gasteiger partial charge < -0.3 is 9.30 Å². The van der Waals surface area contributed by atoms with Crippen LogP contribution in [0.4, 0.5) is 13.2 Å².